The number of hydrogen-bond acceptors (Lipinski definition) is 4. The quantitative estimate of drug-likeness (QED) is 0.612. The lowest BCUT2D eigenvalue weighted by molar-refractivity contribution is -0.145. The summed E-state index contributed by atoms with van der Waals surface area (Å²) >= 11 is 0. The molecule has 0 unspecified atom stereocenters. The van der Waals surface area contributed by atoms with E-state index in [1.807, 2.05) is 42.5 Å². The van der Waals surface area contributed by atoms with Gasteiger partial charge in [-0.15, -0.1) is 0 Å². The molecule has 0 bridgehead atoms. The number of rotatable bonds is 1. The minimum Gasteiger partial charge on any atom is -0.464 e. The molecule has 1 aromatic rings. The molecule has 0 spiro atoms. The molecule has 0 aliphatic carbocycles. The maximum Gasteiger partial charge on any atom is 0.323 e. The van der Waals surface area contributed by atoms with Crippen molar-refractivity contribution in [3.63, 3.8) is 0 Å². The molecule has 2 rings (SSSR count). The van der Waals surface area contributed by atoms with Crippen LogP contribution in [0.4, 0.5) is 0 Å². The third-order valence-corrected chi connectivity index (χ3v) is 3.59. The molecule has 0 aromatic heterocycles. The fraction of sp³-hybridized carbons (Fsp3) is 0.412. The number of carbonyl (C=O) groups excluding carboxylic acids is 2. The van der Waals surface area contributed by atoms with E-state index in [-0.39, 0.29) is 18.6 Å². The number of hydrogen-bond donors (Lipinski definition) is 2. The van der Waals surface area contributed by atoms with Crippen LogP contribution in [0.2, 0.25) is 0 Å². The summed E-state index contributed by atoms with van der Waals surface area (Å²) in [4.78, 5) is 23.8. The van der Waals surface area contributed by atoms with Crippen molar-refractivity contribution in [1.82, 2.24) is 5.32 Å². The summed E-state index contributed by atoms with van der Waals surface area (Å²) in [5.41, 5.74) is 6.76. The highest BCUT2D eigenvalue weighted by atomic mass is 16.5. The summed E-state index contributed by atoms with van der Waals surface area (Å²) < 4.78 is 5.21. The van der Waals surface area contributed by atoms with Gasteiger partial charge in [0.1, 0.15) is 6.04 Å². The van der Waals surface area contributed by atoms with Crippen LogP contribution in [0.1, 0.15) is 37.3 Å². The molecule has 1 aromatic carbocycles. The third kappa shape index (κ3) is 5.00. The van der Waals surface area contributed by atoms with E-state index in [4.69, 9.17) is 10.5 Å². The van der Waals surface area contributed by atoms with Gasteiger partial charge in [-0.2, -0.15) is 0 Å². The second-order valence-corrected chi connectivity index (χ2v) is 5.34. The Balaban J connectivity index is 2.08. The van der Waals surface area contributed by atoms with E-state index in [1.54, 1.807) is 0 Å². The molecule has 118 valence electrons. The van der Waals surface area contributed by atoms with Gasteiger partial charge >= 0.3 is 5.97 Å². The molecular formula is C17H22N2O3. The van der Waals surface area contributed by atoms with Crippen LogP contribution in [0.5, 0.6) is 0 Å². The Morgan fingerprint density at radius 3 is 2.68 bits per heavy atom. The van der Waals surface area contributed by atoms with Crippen LogP contribution in [0.15, 0.2) is 42.5 Å². The van der Waals surface area contributed by atoms with E-state index in [1.165, 1.54) is 0 Å². The van der Waals surface area contributed by atoms with Crippen LogP contribution in [-0.4, -0.2) is 24.5 Å². The maximum atomic E-state index is 12.0. The number of allylic oxidation sites excluding steroid dienone is 1. The predicted molar refractivity (Wildman–Crippen MR) is 83.9 cm³/mol. The predicted octanol–water partition coefficient (Wildman–Crippen LogP) is 1.84. The zero-order chi connectivity index (χ0) is 15.8. The van der Waals surface area contributed by atoms with Crippen molar-refractivity contribution in [2.24, 2.45) is 5.73 Å². The third-order valence-electron chi connectivity index (χ3n) is 3.59. The Morgan fingerprint density at radius 1 is 1.14 bits per heavy atom. The standard InChI is InChI=1S/C17H22N2O3/c18-14-9-5-2-6-10-16(20)19-15(11-12-22-17(14)21)13-7-3-1-4-8-13/h1-5,7-8,14-15H,6,9-12,18H2,(H,19,20)/b5-2+/t14-,15+/m1/s1. The van der Waals surface area contributed by atoms with E-state index in [0.29, 0.717) is 25.7 Å². The molecule has 22 heavy (non-hydrogen) atoms. The fourth-order valence-corrected chi connectivity index (χ4v) is 2.33. The minimum absolute atomic E-state index is 0.00613. The number of cyclic esters (lactones) is 1. The molecule has 0 fully saturated rings. The summed E-state index contributed by atoms with van der Waals surface area (Å²) in [6, 6.07) is 8.88. The number of benzene rings is 1. The van der Waals surface area contributed by atoms with Gasteiger partial charge in [0.2, 0.25) is 5.91 Å². The van der Waals surface area contributed by atoms with Crippen LogP contribution < -0.4 is 11.1 Å². The zero-order valence-electron chi connectivity index (χ0n) is 12.5. The van der Waals surface area contributed by atoms with Gasteiger partial charge in [-0.3, -0.25) is 9.59 Å². The van der Waals surface area contributed by atoms with Crippen molar-refractivity contribution >= 4 is 11.9 Å². The number of carbonyl (C=O) groups is 2. The molecule has 5 heteroatoms. The molecule has 0 saturated carbocycles. The molecule has 1 amide bonds. The van der Waals surface area contributed by atoms with Gasteiger partial charge in [-0.05, 0) is 18.4 Å². The first-order chi connectivity index (χ1) is 10.7. The van der Waals surface area contributed by atoms with Gasteiger partial charge in [-0.1, -0.05) is 42.5 Å². The lowest BCUT2D eigenvalue weighted by Crippen LogP contribution is -2.33. The molecule has 3 N–H and O–H groups in total. The van der Waals surface area contributed by atoms with Gasteiger partial charge < -0.3 is 15.8 Å². The van der Waals surface area contributed by atoms with E-state index in [0.717, 1.165) is 5.56 Å². The normalized spacial score (nSPS) is 25.9. The second-order valence-electron chi connectivity index (χ2n) is 5.34. The molecule has 1 heterocycles. The summed E-state index contributed by atoms with van der Waals surface area (Å²) in [5.74, 6) is -0.407. The monoisotopic (exact) mass is 302 g/mol. The topological polar surface area (TPSA) is 81.4 Å². The van der Waals surface area contributed by atoms with Crippen LogP contribution >= 0.6 is 0 Å². The van der Waals surface area contributed by atoms with E-state index in [2.05, 4.69) is 5.32 Å². The number of nitrogens with one attached hydrogen (secondary N) is 1. The Labute approximate surface area is 130 Å². The lowest BCUT2D eigenvalue weighted by atomic mass is 10.0. The van der Waals surface area contributed by atoms with Crippen molar-refractivity contribution < 1.29 is 14.3 Å². The van der Waals surface area contributed by atoms with E-state index < -0.39 is 12.0 Å². The molecule has 5 nitrogen and oxygen atoms in total. The number of esters is 1. The first kappa shape index (κ1) is 16.2. The highest BCUT2D eigenvalue weighted by Gasteiger charge is 2.18. The van der Waals surface area contributed by atoms with Crippen LogP contribution in [0.3, 0.4) is 0 Å². The maximum absolute atomic E-state index is 12.0. The average Bonchev–Trinajstić information content (AvgIpc) is 2.54. The van der Waals surface area contributed by atoms with Crippen molar-refractivity contribution in [2.75, 3.05) is 6.61 Å². The molecule has 2 atom stereocenters. The molecular weight excluding hydrogens is 280 g/mol. The molecule has 1 aliphatic rings. The smallest absolute Gasteiger partial charge is 0.323 e. The van der Waals surface area contributed by atoms with Gasteiger partial charge in [0.25, 0.3) is 0 Å². The van der Waals surface area contributed by atoms with Crippen molar-refractivity contribution in [1.29, 1.82) is 0 Å². The Hall–Kier alpha value is -2.14. The highest BCUT2D eigenvalue weighted by molar-refractivity contribution is 5.77. The van der Waals surface area contributed by atoms with Gasteiger partial charge in [-0.25, -0.2) is 0 Å². The van der Waals surface area contributed by atoms with Crippen molar-refractivity contribution in [3.05, 3.63) is 48.0 Å². The minimum atomic E-state index is -0.643. The lowest BCUT2D eigenvalue weighted by Gasteiger charge is -2.19. The fourth-order valence-electron chi connectivity index (χ4n) is 2.33. The Morgan fingerprint density at radius 2 is 1.91 bits per heavy atom. The van der Waals surface area contributed by atoms with Crippen LogP contribution in [0, 0.1) is 0 Å². The summed E-state index contributed by atoms with van der Waals surface area (Å²) in [6.07, 6.45) is 5.72. The van der Waals surface area contributed by atoms with E-state index in [9.17, 15) is 9.59 Å². The van der Waals surface area contributed by atoms with Crippen LogP contribution in [0.25, 0.3) is 0 Å². The second kappa shape index (κ2) is 8.34. The summed E-state index contributed by atoms with van der Waals surface area (Å²) in [5, 5.41) is 3.00. The summed E-state index contributed by atoms with van der Waals surface area (Å²) in [6.45, 7) is 0.232. The van der Waals surface area contributed by atoms with Gasteiger partial charge in [0, 0.05) is 12.8 Å². The molecule has 0 saturated heterocycles. The average molecular weight is 302 g/mol. The molecule has 1 aliphatic heterocycles. The van der Waals surface area contributed by atoms with E-state index >= 15 is 0 Å². The Bertz CT molecular complexity index is 528. The number of nitrogens with two attached hydrogens (primary N) is 1. The zero-order valence-corrected chi connectivity index (χ0v) is 12.5. The first-order valence-corrected chi connectivity index (χ1v) is 7.58. The van der Waals surface area contributed by atoms with Gasteiger partial charge in [0.15, 0.2) is 0 Å². The number of ether oxygens (including phenoxy) is 1. The SMILES string of the molecule is N[C@@H]1C/C=C/CCC(=O)N[C@H](c2ccccc2)CCOC1=O. The largest absolute Gasteiger partial charge is 0.464 e. The van der Waals surface area contributed by atoms with Gasteiger partial charge in [0.05, 0.1) is 12.6 Å². The Kier molecular flexibility index (Phi) is 6.15. The number of amides is 1. The van der Waals surface area contributed by atoms with Crippen LogP contribution in [-0.2, 0) is 14.3 Å². The summed E-state index contributed by atoms with van der Waals surface area (Å²) in [7, 11) is 0. The highest BCUT2D eigenvalue weighted by Crippen LogP contribution is 2.17. The first-order valence-electron chi connectivity index (χ1n) is 7.58. The van der Waals surface area contributed by atoms with Crippen molar-refractivity contribution in [2.45, 2.75) is 37.8 Å². The van der Waals surface area contributed by atoms with Crippen molar-refractivity contribution in [3.8, 4) is 0 Å². The molecule has 0 radical (unpaired) electrons.